The van der Waals surface area contributed by atoms with Crippen LogP contribution >= 0.6 is 0 Å². The summed E-state index contributed by atoms with van der Waals surface area (Å²) in [5.74, 6) is 1.10. The maximum atomic E-state index is 12.0. The Labute approximate surface area is 254 Å². The van der Waals surface area contributed by atoms with E-state index < -0.39 is 0 Å². The average molecular weight is 572 g/mol. The van der Waals surface area contributed by atoms with Crippen molar-refractivity contribution in [3.63, 3.8) is 0 Å². The molecule has 218 valence electrons. The van der Waals surface area contributed by atoms with Gasteiger partial charge in [0.2, 0.25) is 5.88 Å². The van der Waals surface area contributed by atoms with Crippen LogP contribution in [0.1, 0.15) is 47.2 Å². The Balaban J connectivity index is 1.08. The topological polar surface area (TPSA) is 57.7 Å². The van der Waals surface area contributed by atoms with Crippen molar-refractivity contribution in [1.82, 2.24) is 4.98 Å². The van der Waals surface area contributed by atoms with Crippen molar-refractivity contribution in [2.24, 2.45) is 0 Å². The van der Waals surface area contributed by atoms with Crippen molar-refractivity contribution >= 4 is 5.97 Å². The molecular formula is C38H37NO4. The molecular weight excluding hydrogens is 534 g/mol. The van der Waals surface area contributed by atoms with Gasteiger partial charge in [-0.05, 0) is 60.2 Å². The van der Waals surface area contributed by atoms with Crippen molar-refractivity contribution in [2.45, 2.75) is 38.7 Å². The smallest absolute Gasteiger partial charge is 0.338 e. The SMILES string of the molecule is COC(=O)c1ccccc1COc1cccc(CCCCCCOc2cc(-c3ccccc3)cc(-c3ccccc3)n2)c1. The van der Waals surface area contributed by atoms with E-state index in [0.29, 0.717) is 24.7 Å². The number of aromatic nitrogens is 1. The van der Waals surface area contributed by atoms with Gasteiger partial charge in [0.25, 0.3) is 0 Å². The lowest BCUT2D eigenvalue weighted by Crippen LogP contribution is -2.07. The fraction of sp³-hybridized carbons (Fsp3) is 0.211. The average Bonchev–Trinajstić information content (AvgIpc) is 3.07. The third-order valence-corrected chi connectivity index (χ3v) is 7.30. The van der Waals surface area contributed by atoms with E-state index in [1.54, 1.807) is 6.07 Å². The zero-order valence-corrected chi connectivity index (χ0v) is 24.6. The van der Waals surface area contributed by atoms with Crippen LogP contribution in [0, 0.1) is 0 Å². The number of carbonyl (C=O) groups excluding carboxylic acids is 1. The van der Waals surface area contributed by atoms with Crippen LogP contribution < -0.4 is 9.47 Å². The zero-order chi connectivity index (χ0) is 29.7. The summed E-state index contributed by atoms with van der Waals surface area (Å²) in [5, 5.41) is 0. The molecule has 1 heterocycles. The molecule has 0 radical (unpaired) electrons. The standard InChI is InChI=1S/C38H37NO4/c1-41-38(40)35-23-12-11-21-32(35)28-43-34-22-14-16-29(25-34)15-6-2-3-13-24-42-37-27-33(30-17-7-4-8-18-30)26-36(39-37)31-19-9-5-10-20-31/h4-5,7-12,14,16-23,25-27H,2-3,6,13,15,24,28H2,1H3. The Kier molecular flexibility index (Phi) is 10.6. The molecule has 0 fully saturated rings. The maximum absolute atomic E-state index is 12.0. The third-order valence-electron chi connectivity index (χ3n) is 7.30. The first-order valence-electron chi connectivity index (χ1n) is 14.8. The summed E-state index contributed by atoms with van der Waals surface area (Å²) in [6.07, 6.45) is 5.26. The van der Waals surface area contributed by atoms with E-state index in [9.17, 15) is 4.79 Å². The van der Waals surface area contributed by atoms with Gasteiger partial charge >= 0.3 is 5.97 Å². The van der Waals surface area contributed by atoms with E-state index in [-0.39, 0.29) is 5.97 Å². The number of nitrogens with zero attached hydrogens (tertiary/aromatic N) is 1. The number of aryl methyl sites for hydroxylation is 1. The molecule has 5 aromatic rings. The number of hydrogen-bond donors (Lipinski definition) is 0. The van der Waals surface area contributed by atoms with E-state index in [1.165, 1.54) is 12.7 Å². The Bertz CT molecular complexity index is 1540. The maximum Gasteiger partial charge on any atom is 0.338 e. The summed E-state index contributed by atoms with van der Waals surface area (Å²) in [7, 11) is 1.39. The monoisotopic (exact) mass is 571 g/mol. The lowest BCUT2D eigenvalue weighted by molar-refractivity contribution is 0.0597. The van der Waals surface area contributed by atoms with Crippen molar-refractivity contribution < 1.29 is 19.0 Å². The van der Waals surface area contributed by atoms with Gasteiger partial charge in [-0.2, -0.15) is 0 Å². The van der Waals surface area contributed by atoms with Crippen LogP contribution in [-0.2, 0) is 17.8 Å². The molecule has 0 unspecified atom stereocenters. The summed E-state index contributed by atoms with van der Waals surface area (Å²) in [6, 6.07) is 40.3. The van der Waals surface area contributed by atoms with Crippen LogP contribution in [0.4, 0.5) is 0 Å². The highest BCUT2D eigenvalue weighted by Crippen LogP contribution is 2.29. The molecule has 5 nitrogen and oxygen atoms in total. The summed E-state index contributed by atoms with van der Waals surface area (Å²) in [4.78, 5) is 16.8. The Morgan fingerprint density at radius 2 is 1.37 bits per heavy atom. The summed E-state index contributed by atoms with van der Waals surface area (Å²) in [5.41, 5.74) is 6.81. The van der Waals surface area contributed by atoms with E-state index in [0.717, 1.165) is 65.8 Å². The Morgan fingerprint density at radius 1 is 0.651 bits per heavy atom. The second-order valence-electron chi connectivity index (χ2n) is 10.4. The molecule has 0 aliphatic heterocycles. The Morgan fingerprint density at radius 3 is 2.16 bits per heavy atom. The molecule has 43 heavy (non-hydrogen) atoms. The van der Waals surface area contributed by atoms with E-state index in [4.69, 9.17) is 19.2 Å². The predicted molar refractivity (Wildman–Crippen MR) is 171 cm³/mol. The molecule has 0 saturated heterocycles. The lowest BCUT2D eigenvalue weighted by atomic mass is 10.0. The largest absolute Gasteiger partial charge is 0.489 e. The van der Waals surface area contributed by atoms with Crippen LogP contribution in [0.25, 0.3) is 22.4 Å². The van der Waals surface area contributed by atoms with E-state index >= 15 is 0 Å². The minimum Gasteiger partial charge on any atom is -0.489 e. The second-order valence-corrected chi connectivity index (χ2v) is 10.4. The molecule has 0 bridgehead atoms. The number of methoxy groups -OCH3 is 1. The van der Waals surface area contributed by atoms with Crippen LogP contribution in [0.2, 0.25) is 0 Å². The van der Waals surface area contributed by atoms with Gasteiger partial charge in [-0.25, -0.2) is 9.78 Å². The molecule has 0 spiro atoms. The summed E-state index contributed by atoms with van der Waals surface area (Å²) < 4.78 is 17.0. The van der Waals surface area contributed by atoms with Crippen molar-refractivity contribution in [3.8, 4) is 34.0 Å². The molecule has 0 saturated carbocycles. The highest BCUT2D eigenvalue weighted by Gasteiger charge is 2.12. The van der Waals surface area contributed by atoms with Gasteiger partial charge in [-0.15, -0.1) is 0 Å². The first-order valence-corrected chi connectivity index (χ1v) is 14.8. The summed E-state index contributed by atoms with van der Waals surface area (Å²) >= 11 is 0. The number of unbranched alkanes of at least 4 members (excludes halogenated alkanes) is 3. The molecule has 1 aromatic heterocycles. The quantitative estimate of drug-likeness (QED) is 0.0984. The van der Waals surface area contributed by atoms with Gasteiger partial charge in [0.15, 0.2) is 0 Å². The number of pyridine rings is 1. The van der Waals surface area contributed by atoms with Gasteiger partial charge < -0.3 is 14.2 Å². The number of rotatable bonds is 14. The van der Waals surface area contributed by atoms with E-state index in [1.807, 2.05) is 60.7 Å². The molecule has 0 N–H and O–H groups in total. The minimum absolute atomic E-state index is 0.310. The molecule has 4 aromatic carbocycles. The molecule has 5 heteroatoms. The molecule has 0 atom stereocenters. The molecule has 0 amide bonds. The highest BCUT2D eigenvalue weighted by molar-refractivity contribution is 5.90. The van der Waals surface area contributed by atoms with Crippen LogP contribution in [0.15, 0.2) is 121 Å². The predicted octanol–water partition coefficient (Wildman–Crippen LogP) is 8.96. The van der Waals surface area contributed by atoms with Crippen molar-refractivity contribution in [2.75, 3.05) is 13.7 Å². The van der Waals surface area contributed by atoms with Crippen LogP contribution in [0.3, 0.4) is 0 Å². The number of ether oxygens (including phenoxy) is 3. The first kappa shape index (κ1) is 29.6. The number of hydrogen-bond acceptors (Lipinski definition) is 5. The third kappa shape index (κ3) is 8.55. The van der Waals surface area contributed by atoms with E-state index in [2.05, 4.69) is 54.6 Å². The fourth-order valence-corrected chi connectivity index (χ4v) is 5.00. The van der Waals surface area contributed by atoms with Gasteiger partial charge in [-0.1, -0.05) is 104 Å². The van der Waals surface area contributed by atoms with Crippen molar-refractivity contribution in [1.29, 1.82) is 0 Å². The van der Waals surface area contributed by atoms with Gasteiger partial charge in [0, 0.05) is 17.2 Å². The normalized spacial score (nSPS) is 10.7. The zero-order valence-electron chi connectivity index (χ0n) is 24.6. The minimum atomic E-state index is -0.354. The number of benzene rings is 4. The Hall–Kier alpha value is -4.90. The van der Waals surface area contributed by atoms with Crippen LogP contribution in [0.5, 0.6) is 11.6 Å². The first-order chi connectivity index (χ1) is 21.2. The fourth-order valence-electron chi connectivity index (χ4n) is 5.00. The van der Waals surface area contributed by atoms with Gasteiger partial charge in [0.05, 0.1) is 25.0 Å². The highest BCUT2D eigenvalue weighted by atomic mass is 16.5. The second kappa shape index (κ2) is 15.4. The van der Waals surface area contributed by atoms with Crippen LogP contribution in [-0.4, -0.2) is 24.7 Å². The summed E-state index contributed by atoms with van der Waals surface area (Å²) in [6.45, 7) is 0.945. The van der Waals surface area contributed by atoms with Gasteiger partial charge in [0.1, 0.15) is 12.4 Å². The van der Waals surface area contributed by atoms with Crippen molar-refractivity contribution in [3.05, 3.63) is 138 Å². The molecule has 0 aliphatic carbocycles. The number of carbonyl (C=O) groups is 1. The van der Waals surface area contributed by atoms with Gasteiger partial charge in [-0.3, -0.25) is 0 Å². The lowest BCUT2D eigenvalue weighted by Gasteiger charge is -2.11. The molecule has 0 aliphatic rings. The molecule has 5 rings (SSSR count). The number of esters is 1.